The number of unbranched alkanes of at least 4 members (excludes halogenated alkanes) is 42. The first kappa shape index (κ1) is 75.7. The van der Waals surface area contributed by atoms with Crippen molar-refractivity contribution >= 4 is 58.5 Å². The van der Waals surface area contributed by atoms with E-state index in [1.165, 1.54) is 270 Å². The van der Waals surface area contributed by atoms with E-state index in [0.717, 1.165) is 38.5 Å². The van der Waals surface area contributed by atoms with E-state index in [2.05, 4.69) is 60.4 Å². The molecule has 71 heavy (non-hydrogen) atoms. The van der Waals surface area contributed by atoms with E-state index >= 15 is 0 Å². The first-order valence-electron chi connectivity index (χ1n) is 30.5. The summed E-state index contributed by atoms with van der Waals surface area (Å²) in [7, 11) is -9.22. The summed E-state index contributed by atoms with van der Waals surface area (Å²) in [5.41, 5.74) is 0. The van der Waals surface area contributed by atoms with Crippen molar-refractivity contribution in [3.63, 3.8) is 0 Å². The van der Waals surface area contributed by atoms with Crippen LogP contribution in [-0.2, 0) is 29.2 Å². The Labute approximate surface area is 474 Å². The molecule has 0 aliphatic rings. The maximum Gasteiger partial charge on any atom is 2.00 e. The minimum Gasteiger partial charge on any atom is -0.726 e. The maximum atomic E-state index is 10.9. The van der Waals surface area contributed by atoms with Gasteiger partial charge in [-0.1, -0.05) is 322 Å². The predicted octanol–water partition coefficient (Wildman–Crippen LogP) is 19.7. The maximum absolute atomic E-state index is 10.9. The van der Waals surface area contributed by atoms with Crippen molar-refractivity contribution in [3.8, 4) is 0 Å². The van der Waals surface area contributed by atoms with Gasteiger partial charge in [0.1, 0.15) is 0 Å². The van der Waals surface area contributed by atoms with Gasteiger partial charge in [-0.05, 0) is 38.5 Å². The molecule has 11 heteroatoms. The van der Waals surface area contributed by atoms with Crippen LogP contribution >= 0.6 is 0 Å². The smallest absolute Gasteiger partial charge is 0.726 e. The molecule has 0 radical (unpaired) electrons. The Bertz CT molecular complexity index is 1190. The summed E-state index contributed by atoms with van der Waals surface area (Å²) in [6.45, 7) is 8.97. The van der Waals surface area contributed by atoms with Crippen LogP contribution in [0.2, 0.25) is 0 Å². The van der Waals surface area contributed by atoms with Crippen LogP contribution in [0, 0.1) is 11.8 Å². The normalized spacial score (nSPS) is 12.9. The molecular formula is C60H118CaO8S2. The third-order valence-corrected chi connectivity index (χ3v) is 14.8. The van der Waals surface area contributed by atoms with Gasteiger partial charge in [0.15, 0.2) is 0 Å². The molecule has 0 saturated carbocycles. The topological polar surface area (TPSA) is 133 Å². The molecule has 0 N–H and O–H groups in total. The standard InChI is InChI=1S/2C30H60O4S.Ca/c2*1-3-5-7-9-11-13-14-15-16-17-18-19-20-22-24-26-28-30(29-34-35(31,32)33)27-25-23-21-12-10-8-6-4-2;/h2*25,27,30H,3-24,26,28-29H2,1-2H3,(H,31,32,33);/q;;+2/p-2/b2*27-25+;. The second-order valence-electron chi connectivity index (χ2n) is 21.1. The molecule has 0 amide bonds. The number of rotatable bonds is 56. The average Bonchev–Trinajstić information content (AvgIpc) is 3.32. The van der Waals surface area contributed by atoms with Crippen LogP contribution in [0.1, 0.15) is 336 Å². The van der Waals surface area contributed by atoms with E-state index in [1.54, 1.807) is 0 Å². The molecule has 0 spiro atoms. The minimum absolute atomic E-state index is 0. The van der Waals surface area contributed by atoms with Gasteiger partial charge in [0, 0.05) is 11.8 Å². The molecule has 0 aliphatic heterocycles. The van der Waals surface area contributed by atoms with Crippen LogP contribution in [0.25, 0.3) is 0 Å². The van der Waals surface area contributed by atoms with E-state index in [0.29, 0.717) is 0 Å². The molecule has 0 bridgehead atoms. The minimum atomic E-state index is -4.61. The third kappa shape index (κ3) is 70.5. The quantitative estimate of drug-likeness (QED) is 0.0193. The number of hydrogen-bond acceptors (Lipinski definition) is 8. The summed E-state index contributed by atoms with van der Waals surface area (Å²) in [6.07, 6.45) is 70.4. The molecule has 420 valence electrons. The van der Waals surface area contributed by atoms with Crippen LogP contribution in [0.3, 0.4) is 0 Å². The molecule has 0 fully saturated rings. The molecule has 0 aromatic carbocycles. The fourth-order valence-electron chi connectivity index (χ4n) is 9.38. The summed E-state index contributed by atoms with van der Waals surface area (Å²) in [4.78, 5) is 0. The molecule has 2 unspecified atom stereocenters. The molecule has 8 nitrogen and oxygen atoms in total. The van der Waals surface area contributed by atoms with E-state index in [1.807, 2.05) is 0 Å². The predicted molar refractivity (Wildman–Crippen MR) is 307 cm³/mol. The van der Waals surface area contributed by atoms with Crippen molar-refractivity contribution in [2.45, 2.75) is 336 Å². The number of hydrogen-bond donors (Lipinski definition) is 0. The largest absolute Gasteiger partial charge is 2.00 e. The van der Waals surface area contributed by atoms with Crippen molar-refractivity contribution in [2.24, 2.45) is 11.8 Å². The van der Waals surface area contributed by atoms with Gasteiger partial charge in [0.05, 0.1) is 13.2 Å². The van der Waals surface area contributed by atoms with E-state index in [9.17, 15) is 25.9 Å². The second-order valence-corrected chi connectivity index (χ2v) is 23.2. The summed E-state index contributed by atoms with van der Waals surface area (Å²) < 4.78 is 74.3. The van der Waals surface area contributed by atoms with Crippen LogP contribution < -0.4 is 0 Å². The van der Waals surface area contributed by atoms with Crippen molar-refractivity contribution in [1.29, 1.82) is 0 Å². The third-order valence-electron chi connectivity index (χ3n) is 14.0. The first-order valence-corrected chi connectivity index (χ1v) is 33.2. The van der Waals surface area contributed by atoms with Gasteiger partial charge >= 0.3 is 37.7 Å². The van der Waals surface area contributed by atoms with Gasteiger partial charge in [-0.15, -0.1) is 0 Å². The van der Waals surface area contributed by atoms with Crippen molar-refractivity contribution in [2.75, 3.05) is 13.2 Å². The van der Waals surface area contributed by atoms with Gasteiger partial charge in [0.25, 0.3) is 0 Å². The van der Waals surface area contributed by atoms with Crippen molar-refractivity contribution in [3.05, 3.63) is 24.3 Å². The van der Waals surface area contributed by atoms with Crippen LogP contribution in [0.15, 0.2) is 24.3 Å². The summed E-state index contributed by atoms with van der Waals surface area (Å²) in [6, 6.07) is 0. The first-order chi connectivity index (χ1) is 34.0. The Morgan fingerprint density at radius 1 is 0.310 bits per heavy atom. The van der Waals surface area contributed by atoms with Crippen LogP contribution in [0.4, 0.5) is 0 Å². The van der Waals surface area contributed by atoms with Gasteiger partial charge < -0.3 is 9.11 Å². The molecule has 0 rings (SSSR count). The molecule has 2 atom stereocenters. The Morgan fingerprint density at radius 3 is 0.690 bits per heavy atom. The Hall–Kier alpha value is 0.480. The van der Waals surface area contributed by atoms with E-state index in [4.69, 9.17) is 0 Å². The van der Waals surface area contributed by atoms with E-state index in [-0.39, 0.29) is 62.8 Å². The van der Waals surface area contributed by atoms with Crippen molar-refractivity contribution in [1.82, 2.24) is 0 Å². The molecule has 0 aromatic heterocycles. The molecule has 0 heterocycles. The fraction of sp³-hybridized carbons (Fsp3) is 0.933. The summed E-state index contributed by atoms with van der Waals surface area (Å²) in [5.74, 6) is 0.0379. The number of allylic oxidation sites excluding steroid dienone is 2. The summed E-state index contributed by atoms with van der Waals surface area (Å²) >= 11 is 0. The fourth-order valence-corrected chi connectivity index (χ4v) is 10.1. The van der Waals surface area contributed by atoms with E-state index < -0.39 is 20.8 Å². The van der Waals surface area contributed by atoms with Gasteiger partial charge in [0.2, 0.25) is 20.8 Å². The van der Waals surface area contributed by atoms with Crippen LogP contribution in [0.5, 0.6) is 0 Å². The SMILES string of the molecule is CCCCCCCC/C=C/C(CCCCCCCCCCCCCCCCCC)COS(=O)(=O)[O-].CCCCCCCC/C=C/C(CCCCCCCCCCCCCCCCCC)COS(=O)(=O)[O-].[Ca+2]. The van der Waals surface area contributed by atoms with Crippen LogP contribution in [-0.4, -0.2) is 76.9 Å². The molecule has 0 aliphatic carbocycles. The van der Waals surface area contributed by atoms with Gasteiger partial charge in [-0.2, -0.15) is 0 Å². The zero-order valence-electron chi connectivity index (χ0n) is 47.6. The molecular weight excluding hydrogens is 953 g/mol. The summed E-state index contributed by atoms with van der Waals surface area (Å²) in [5, 5.41) is 0. The van der Waals surface area contributed by atoms with Gasteiger partial charge in [-0.25, -0.2) is 16.8 Å². The second kappa shape index (κ2) is 61.3. The van der Waals surface area contributed by atoms with Crippen molar-refractivity contribution < 1.29 is 34.3 Å². The molecule has 0 aromatic rings. The average molecular weight is 1070 g/mol. The molecule has 0 saturated heterocycles. The monoisotopic (exact) mass is 1070 g/mol. The van der Waals surface area contributed by atoms with Gasteiger partial charge in [-0.3, -0.25) is 8.37 Å². The Kier molecular flexibility index (Phi) is 65.4. The Balaban J connectivity index is -0.00000128. The Morgan fingerprint density at radius 2 is 0.493 bits per heavy atom. The zero-order chi connectivity index (χ0) is 51.8. The zero-order valence-corrected chi connectivity index (χ0v) is 51.5.